The summed E-state index contributed by atoms with van der Waals surface area (Å²) in [5.74, 6) is 2.86. The largest absolute Gasteiger partial charge is 0.461 e. The predicted octanol–water partition coefficient (Wildman–Crippen LogP) is 1.27. The molecule has 0 bridgehead atoms. The third-order valence-electron chi connectivity index (χ3n) is 4.76. The Kier molecular flexibility index (Phi) is 7.05. The van der Waals surface area contributed by atoms with Crippen LogP contribution >= 0.6 is 0 Å². The molecule has 9 heteroatoms. The number of nitrogens with zero attached hydrogens (tertiary/aromatic N) is 4. The molecule has 0 radical (unpaired) electrons. The van der Waals surface area contributed by atoms with Crippen molar-refractivity contribution in [3.05, 3.63) is 24.2 Å². The van der Waals surface area contributed by atoms with Crippen LogP contribution in [0.5, 0.6) is 0 Å². The summed E-state index contributed by atoms with van der Waals surface area (Å²) < 4.78 is 10.8. The number of aromatic amines is 1. The molecule has 0 unspecified atom stereocenters. The molecule has 28 heavy (non-hydrogen) atoms. The Labute approximate surface area is 166 Å². The van der Waals surface area contributed by atoms with Gasteiger partial charge in [-0.1, -0.05) is 0 Å². The number of furan rings is 1. The minimum Gasteiger partial charge on any atom is -0.461 e. The van der Waals surface area contributed by atoms with E-state index in [1.54, 1.807) is 6.26 Å². The van der Waals surface area contributed by atoms with Gasteiger partial charge in [-0.15, -0.1) is 0 Å². The summed E-state index contributed by atoms with van der Waals surface area (Å²) in [5, 5.41) is 13.8. The van der Waals surface area contributed by atoms with Gasteiger partial charge in [-0.2, -0.15) is 5.10 Å². The van der Waals surface area contributed by atoms with Crippen molar-refractivity contribution in [1.82, 2.24) is 30.7 Å². The maximum absolute atomic E-state index is 5.46. The molecule has 0 amide bonds. The molecule has 154 valence electrons. The Hall–Kier alpha value is -2.39. The standard InChI is InChI=1S/C19H31N7O2/c1-4-20-18(22-14-19(2,3)26-9-12-27-13-10-26)21-8-7-16-23-17(25-24-16)15-6-5-11-28-15/h5-6,11H,4,7-10,12-14H2,1-3H3,(H2,20,21,22)(H,23,24,25). The van der Waals surface area contributed by atoms with E-state index in [-0.39, 0.29) is 5.54 Å². The molecule has 0 atom stereocenters. The Balaban J connectivity index is 1.50. The zero-order valence-electron chi connectivity index (χ0n) is 17.0. The first-order valence-electron chi connectivity index (χ1n) is 9.88. The first kappa shape index (κ1) is 20.3. The topological polar surface area (TPSA) is 104 Å². The number of guanidine groups is 1. The lowest BCUT2D eigenvalue weighted by molar-refractivity contribution is -0.00683. The van der Waals surface area contributed by atoms with Crippen molar-refractivity contribution in [2.45, 2.75) is 32.7 Å². The zero-order valence-corrected chi connectivity index (χ0v) is 17.0. The fourth-order valence-electron chi connectivity index (χ4n) is 3.11. The fraction of sp³-hybridized carbons (Fsp3) is 0.632. The average Bonchev–Trinajstić information content (AvgIpc) is 3.39. The van der Waals surface area contributed by atoms with E-state index < -0.39 is 0 Å². The molecule has 3 rings (SSSR count). The summed E-state index contributed by atoms with van der Waals surface area (Å²) >= 11 is 0. The van der Waals surface area contributed by atoms with E-state index in [9.17, 15) is 0 Å². The molecule has 1 fully saturated rings. The van der Waals surface area contributed by atoms with Gasteiger partial charge >= 0.3 is 0 Å². The van der Waals surface area contributed by atoms with Crippen LogP contribution < -0.4 is 10.6 Å². The molecule has 3 N–H and O–H groups in total. The second-order valence-electron chi connectivity index (χ2n) is 7.37. The van der Waals surface area contributed by atoms with Gasteiger partial charge < -0.3 is 19.8 Å². The summed E-state index contributed by atoms with van der Waals surface area (Å²) in [6.07, 6.45) is 2.33. The van der Waals surface area contributed by atoms with Crippen LogP contribution in [0.2, 0.25) is 0 Å². The normalized spacial score (nSPS) is 16.3. The first-order valence-corrected chi connectivity index (χ1v) is 9.88. The third-order valence-corrected chi connectivity index (χ3v) is 4.76. The smallest absolute Gasteiger partial charge is 0.216 e. The molecule has 3 heterocycles. The lowest BCUT2D eigenvalue weighted by Gasteiger charge is -2.39. The van der Waals surface area contributed by atoms with Crippen molar-refractivity contribution < 1.29 is 9.15 Å². The minimum absolute atomic E-state index is 0.00496. The van der Waals surface area contributed by atoms with E-state index in [2.05, 4.69) is 51.5 Å². The summed E-state index contributed by atoms with van der Waals surface area (Å²) in [6.45, 7) is 12.3. The first-order chi connectivity index (χ1) is 13.6. The molecule has 2 aromatic heterocycles. The van der Waals surface area contributed by atoms with Crippen LogP contribution in [-0.4, -0.2) is 77.5 Å². The van der Waals surface area contributed by atoms with Gasteiger partial charge in [-0.3, -0.25) is 15.0 Å². The molecule has 0 aromatic carbocycles. The molecule has 0 aliphatic carbocycles. The molecule has 0 spiro atoms. The Morgan fingerprint density at radius 1 is 1.32 bits per heavy atom. The maximum atomic E-state index is 5.46. The molecule has 1 saturated heterocycles. The van der Waals surface area contributed by atoms with Crippen LogP contribution in [0.3, 0.4) is 0 Å². The number of ether oxygens (including phenoxy) is 1. The Morgan fingerprint density at radius 2 is 2.14 bits per heavy atom. The average molecular weight is 390 g/mol. The third kappa shape index (κ3) is 5.56. The highest BCUT2D eigenvalue weighted by atomic mass is 16.5. The van der Waals surface area contributed by atoms with Crippen molar-refractivity contribution in [3.8, 4) is 11.6 Å². The van der Waals surface area contributed by atoms with E-state index >= 15 is 0 Å². The minimum atomic E-state index is -0.00496. The predicted molar refractivity (Wildman–Crippen MR) is 108 cm³/mol. The second-order valence-corrected chi connectivity index (χ2v) is 7.37. The molecule has 9 nitrogen and oxygen atoms in total. The van der Waals surface area contributed by atoms with Crippen LogP contribution in [0.25, 0.3) is 11.6 Å². The molecular formula is C19H31N7O2. The number of hydrogen-bond acceptors (Lipinski definition) is 6. The highest BCUT2D eigenvalue weighted by Gasteiger charge is 2.28. The quantitative estimate of drug-likeness (QED) is 0.461. The number of rotatable bonds is 8. The summed E-state index contributed by atoms with van der Waals surface area (Å²) in [6, 6.07) is 3.67. The van der Waals surface area contributed by atoms with E-state index in [1.165, 1.54) is 0 Å². The van der Waals surface area contributed by atoms with Gasteiger partial charge in [-0.25, -0.2) is 4.98 Å². The number of aliphatic imine (C=N–C) groups is 1. The van der Waals surface area contributed by atoms with Crippen molar-refractivity contribution in [2.24, 2.45) is 4.99 Å². The van der Waals surface area contributed by atoms with Crippen molar-refractivity contribution in [1.29, 1.82) is 0 Å². The number of nitrogens with one attached hydrogen (secondary N) is 3. The monoisotopic (exact) mass is 389 g/mol. The Morgan fingerprint density at radius 3 is 2.86 bits per heavy atom. The van der Waals surface area contributed by atoms with Crippen LogP contribution in [0.1, 0.15) is 26.6 Å². The molecule has 1 aliphatic rings. The SMILES string of the molecule is CCNC(=NCC(C)(C)N1CCOCC1)NCCc1nc(-c2ccco2)n[nH]1. The molecule has 1 aliphatic heterocycles. The summed E-state index contributed by atoms with van der Waals surface area (Å²) in [4.78, 5) is 11.7. The van der Waals surface area contributed by atoms with E-state index in [0.29, 0.717) is 31.1 Å². The highest BCUT2D eigenvalue weighted by Crippen LogP contribution is 2.16. The molecule has 2 aromatic rings. The molecule has 0 saturated carbocycles. The zero-order chi connectivity index (χ0) is 19.8. The van der Waals surface area contributed by atoms with Gasteiger partial charge in [0.25, 0.3) is 0 Å². The lowest BCUT2D eigenvalue weighted by atomic mass is 10.0. The molecular weight excluding hydrogens is 358 g/mol. The van der Waals surface area contributed by atoms with Crippen molar-refractivity contribution >= 4 is 5.96 Å². The lowest BCUT2D eigenvalue weighted by Crippen LogP contribution is -2.52. The van der Waals surface area contributed by atoms with Crippen molar-refractivity contribution in [2.75, 3.05) is 45.9 Å². The van der Waals surface area contributed by atoms with Crippen LogP contribution in [0.4, 0.5) is 0 Å². The van der Waals surface area contributed by atoms with Gasteiger partial charge in [0.05, 0.1) is 26.0 Å². The van der Waals surface area contributed by atoms with Crippen molar-refractivity contribution in [3.63, 3.8) is 0 Å². The highest BCUT2D eigenvalue weighted by molar-refractivity contribution is 5.79. The van der Waals surface area contributed by atoms with Crippen LogP contribution in [0, 0.1) is 0 Å². The van der Waals surface area contributed by atoms with E-state index in [1.807, 2.05) is 12.1 Å². The van der Waals surface area contributed by atoms with Gasteiger partial charge in [0.15, 0.2) is 11.7 Å². The Bertz CT molecular complexity index is 733. The van der Waals surface area contributed by atoms with E-state index in [4.69, 9.17) is 14.1 Å². The number of hydrogen-bond donors (Lipinski definition) is 3. The number of morpholine rings is 1. The van der Waals surface area contributed by atoms with Gasteiger partial charge in [0.2, 0.25) is 5.82 Å². The van der Waals surface area contributed by atoms with E-state index in [0.717, 1.165) is 44.6 Å². The van der Waals surface area contributed by atoms with Gasteiger partial charge in [-0.05, 0) is 32.9 Å². The second kappa shape index (κ2) is 9.70. The summed E-state index contributed by atoms with van der Waals surface area (Å²) in [7, 11) is 0. The van der Waals surface area contributed by atoms with Gasteiger partial charge in [0, 0.05) is 38.1 Å². The number of H-pyrrole nitrogens is 1. The van der Waals surface area contributed by atoms with Gasteiger partial charge in [0.1, 0.15) is 5.82 Å². The fourth-order valence-corrected chi connectivity index (χ4v) is 3.11. The van der Waals surface area contributed by atoms with Crippen LogP contribution in [0.15, 0.2) is 27.8 Å². The number of aromatic nitrogens is 3. The van der Waals surface area contributed by atoms with Crippen LogP contribution in [-0.2, 0) is 11.2 Å². The summed E-state index contributed by atoms with van der Waals surface area (Å²) in [5.41, 5.74) is -0.00496. The maximum Gasteiger partial charge on any atom is 0.216 e.